The number of hydrogen-bond donors (Lipinski definition) is 0. The second kappa shape index (κ2) is 6.40. The van der Waals surface area contributed by atoms with Crippen LogP contribution >= 0.6 is 35.0 Å². The third-order valence-corrected chi connectivity index (χ3v) is 4.83. The monoisotopic (exact) mass is 362 g/mol. The zero-order valence-corrected chi connectivity index (χ0v) is 14.3. The quantitative estimate of drug-likeness (QED) is 0.652. The number of pyridine rings is 1. The van der Waals surface area contributed by atoms with Crippen LogP contribution in [0, 0.1) is 0 Å². The van der Waals surface area contributed by atoms with Gasteiger partial charge in [-0.1, -0.05) is 35.3 Å². The summed E-state index contributed by atoms with van der Waals surface area (Å²) < 4.78 is 0. The maximum Gasteiger partial charge on any atom is 0.0917 e. The van der Waals surface area contributed by atoms with Gasteiger partial charge < -0.3 is 9.90 Å². The summed E-state index contributed by atoms with van der Waals surface area (Å²) in [5, 5.41) is 12.4. The van der Waals surface area contributed by atoms with Crippen LogP contribution in [-0.2, 0) is 0 Å². The number of carbonyl (C=O) groups excluding carboxylic acids is 1. The minimum atomic E-state index is -1.32. The third-order valence-electron chi connectivity index (χ3n) is 3.47. The third kappa shape index (κ3) is 3.02. The first-order valence-electron chi connectivity index (χ1n) is 6.66. The zero-order valence-electron chi connectivity index (χ0n) is 12.0. The zero-order chi connectivity index (χ0) is 16.6. The molecule has 0 bridgehead atoms. The molecule has 0 spiro atoms. The van der Waals surface area contributed by atoms with Crippen molar-refractivity contribution in [3.05, 3.63) is 58.1 Å². The number of carboxylic acids is 1. The van der Waals surface area contributed by atoms with Gasteiger partial charge in [0.05, 0.1) is 27.2 Å². The van der Waals surface area contributed by atoms with Crippen molar-refractivity contribution in [2.24, 2.45) is 0 Å². The maximum atomic E-state index is 11.5. The standard InChI is InChI=1S/C17H11Cl2NO2S/c1-23-10-4-2-9(3-5-10)14-8-11(17(21)22)15-12(18)6-7-13(19)16(15)20-14/h2-8H,1H3,(H,21,22)/p-1. The van der Waals surface area contributed by atoms with E-state index in [0.717, 1.165) is 10.5 Å². The smallest absolute Gasteiger partial charge is 0.0917 e. The van der Waals surface area contributed by atoms with Gasteiger partial charge in [0.25, 0.3) is 0 Å². The lowest BCUT2D eigenvalue weighted by Crippen LogP contribution is -2.23. The summed E-state index contributed by atoms with van der Waals surface area (Å²) in [5.74, 6) is -1.32. The van der Waals surface area contributed by atoms with Crippen molar-refractivity contribution in [1.82, 2.24) is 4.98 Å². The van der Waals surface area contributed by atoms with E-state index in [-0.39, 0.29) is 10.6 Å². The van der Waals surface area contributed by atoms with E-state index in [1.54, 1.807) is 23.9 Å². The normalized spacial score (nSPS) is 10.9. The molecule has 3 nitrogen and oxygen atoms in total. The highest BCUT2D eigenvalue weighted by Crippen LogP contribution is 2.34. The highest BCUT2D eigenvalue weighted by atomic mass is 35.5. The topological polar surface area (TPSA) is 53.0 Å². The molecule has 0 saturated heterocycles. The number of aromatic nitrogens is 1. The second-order valence-electron chi connectivity index (χ2n) is 4.82. The van der Waals surface area contributed by atoms with E-state index in [9.17, 15) is 9.90 Å². The fraction of sp³-hybridized carbons (Fsp3) is 0.0588. The predicted molar refractivity (Wildman–Crippen MR) is 93.3 cm³/mol. The molecule has 0 aliphatic rings. The number of carboxylic acid groups (broad SMARTS) is 1. The molecule has 1 aromatic heterocycles. The predicted octanol–water partition coefficient (Wildman–Crippen LogP) is 4.29. The van der Waals surface area contributed by atoms with Gasteiger partial charge in [0.2, 0.25) is 0 Å². The van der Waals surface area contributed by atoms with Gasteiger partial charge in [-0.2, -0.15) is 0 Å². The van der Waals surface area contributed by atoms with Crippen LogP contribution in [0.4, 0.5) is 0 Å². The molecule has 3 rings (SSSR count). The number of hydrogen-bond acceptors (Lipinski definition) is 4. The largest absolute Gasteiger partial charge is 0.545 e. The Morgan fingerprint density at radius 3 is 2.35 bits per heavy atom. The van der Waals surface area contributed by atoms with Crippen molar-refractivity contribution < 1.29 is 9.90 Å². The minimum Gasteiger partial charge on any atom is -0.545 e. The minimum absolute atomic E-state index is 0.0218. The Morgan fingerprint density at radius 2 is 1.74 bits per heavy atom. The molecule has 0 aliphatic carbocycles. The van der Waals surface area contributed by atoms with E-state index in [0.29, 0.717) is 21.6 Å². The van der Waals surface area contributed by atoms with E-state index >= 15 is 0 Å². The van der Waals surface area contributed by atoms with Crippen LogP contribution in [0.2, 0.25) is 10.0 Å². The molecule has 0 atom stereocenters. The summed E-state index contributed by atoms with van der Waals surface area (Å²) in [4.78, 5) is 17.1. The molecule has 2 aromatic carbocycles. The van der Waals surface area contributed by atoms with Gasteiger partial charge in [-0.3, -0.25) is 0 Å². The Labute approximate surface area is 147 Å². The van der Waals surface area contributed by atoms with Crippen LogP contribution in [0.15, 0.2) is 47.4 Å². The molecule has 0 unspecified atom stereocenters. The molecule has 1 heterocycles. The van der Waals surface area contributed by atoms with Crippen LogP contribution < -0.4 is 5.11 Å². The fourth-order valence-electron chi connectivity index (χ4n) is 2.34. The van der Waals surface area contributed by atoms with E-state index in [4.69, 9.17) is 23.2 Å². The Morgan fingerprint density at radius 1 is 1.09 bits per heavy atom. The van der Waals surface area contributed by atoms with E-state index in [1.165, 1.54) is 6.07 Å². The van der Waals surface area contributed by atoms with Crippen molar-refractivity contribution in [2.45, 2.75) is 4.90 Å². The van der Waals surface area contributed by atoms with Crippen molar-refractivity contribution in [2.75, 3.05) is 6.26 Å². The number of carbonyl (C=O) groups is 1. The van der Waals surface area contributed by atoms with Crippen molar-refractivity contribution in [1.29, 1.82) is 0 Å². The Balaban J connectivity index is 2.30. The van der Waals surface area contributed by atoms with Gasteiger partial charge >= 0.3 is 0 Å². The molecular weight excluding hydrogens is 353 g/mol. The van der Waals surface area contributed by atoms with Gasteiger partial charge in [-0.15, -0.1) is 11.8 Å². The molecule has 116 valence electrons. The molecule has 3 aromatic rings. The van der Waals surface area contributed by atoms with Gasteiger partial charge in [0, 0.05) is 21.4 Å². The average Bonchev–Trinajstić information content (AvgIpc) is 2.57. The Bertz CT molecular complexity index is 911. The summed E-state index contributed by atoms with van der Waals surface area (Å²) in [6.45, 7) is 0. The highest BCUT2D eigenvalue weighted by molar-refractivity contribution is 7.98. The number of halogens is 2. The van der Waals surface area contributed by atoms with Gasteiger partial charge in [0.1, 0.15) is 0 Å². The molecule has 23 heavy (non-hydrogen) atoms. The lowest BCUT2D eigenvalue weighted by molar-refractivity contribution is -0.254. The summed E-state index contributed by atoms with van der Waals surface area (Å²) >= 11 is 13.9. The molecule has 0 N–H and O–H groups in total. The molecule has 0 aliphatic heterocycles. The van der Waals surface area contributed by atoms with Gasteiger partial charge in [-0.05, 0) is 36.6 Å². The van der Waals surface area contributed by atoms with Crippen molar-refractivity contribution >= 4 is 51.8 Å². The number of aromatic carboxylic acids is 1. The molecule has 0 fully saturated rings. The van der Waals surface area contributed by atoms with Gasteiger partial charge in [0.15, 0.2) is 0 Å². The number of nitrogens with zero attached hydrogens (tertiary/aromatic N) is 1. The fourth-order valence-corrected chi connectivity index (χ4v) is 3.20. The van der Waals surface area contributed by atoms with E-state index in [2.05, 4.69) is 4.98 Å². The number of rotatable bonds is 3. The van der Waals surface area contributed by atoms with Crippen LogP contribution in [-0.4, -0.2) is 17.2 Å². The number of benzene rings is 2. The molecule has 0 radical (unpaired) electrons. The molecular formula is C17H10Cl2NO2S-. The number of fused-ring (bicyclic) bond motifs is 1. The summed E-state index contributed by atoms with van der Waals surface area (Å²) in [6.07, 6.45) is 1.99. The van der Waals surface area contributed by atoms with Crippen molar-refractivity contribution in [3.8, 4) is 11.3 Å². The van der Waals surface area contributed by atoms with Crippen molar-refractivity contribution in [3.63, 3.8) is 0 Å². The second-order valence-corrected chi connectivity index (χ2v) is 6.52. The first kappa shape index (κ1) is 16.1. The van der Waals surface area contributed by atoms with E-state index < -0.39 is 5.97 Å². The molecule has 6 heteroatoms. The summed E-state index contributed by atoms with van der Waals surface area (Å²) in [6, 6.07) is 12.3. The Hall–Kier alpha value is -1.75. The summed E-state index contributed by atoms with van der Waals surface area (Å²) in [7, 11) is 0. The summed E-state index contributed by atoms with van der Waals surface area (Å²) in [5.41, 5.74) is 1.63. The highest BCUT2D eigenvalue weighted by Gasteiger charge is 2.14. The van der Waals surface area contributed by atoms with E-state index in [1.807, 2.05) is 30.5 Å². The molecule has 0 saturated carbocycles. The first-order valence-corrected chi connectivity index (χ1v) is 8.64. The lowest BCUT2D eigenvalue weighted by atomic mass is 10.0. The first-order chi connectivity index (χ1) is 11.0. The average molecular weight is 363 g/mol. The van der Waals surface area contributed by atoms with Crippen LogP contribution in [0.5, 0.6) is 0 Å². The maximum absolute atomic E-state index is 11.5. The lowest BCUT2D eigenvalue weighted by Gasteiger charge is -2.13. The molecule has 0 amide bonds. The number of thioether (sulfide) groups is 1. The van der Waals surface area contributed by atoms with Gasteiger partial charge in [-0.25, -0.2) is 4.98 Å². The van der Waals surface area contributed by atoms with Crippen LogP contribution in [0.3, 0.4) is 0 Å². The Kier molecular flexibility index (Phi) is 4.48. The van der Waals surface area contributed by atoms with Crippen LogP contribution in [0.1, 0.15) is 10.4 Å². The van der Waals surface area contributed by atoms with Crippen LogP contribution in [0.25, 0.3) is 22.2 Å². The SMILES string of the molecule is CSc1ccc(-c2cc(C(=O)[O-])c3c(Cl)ccc(Cl)c3n2)cc1.